The van der Waals surface area contributed by atoms with Crippen LogP contribution < -0.4 is 5.32 Å². The van der Waals surface area contributed by atoms with Crippen LogP contribution in [0.25, 0.3) is 0 Å². The van der Waals surface area contributed by atoms with Crippen molar-refractivity contribution in [2.75, 3.05) is 19.0 Å². The van der Waals surface area contributed by atoms with Crippen molar-refractivity contribution in [1.82, 2.24) is 9.97 Å². The molecule has 1 aromatic rings. The summed E-state index contributed by atoms with van der Waals surface area (Å²) in [6, 6.07) is 0. The van der Waals surface area contributed by atoms with Gasteiger partial charge in [-0.2, -0.15) is 0 Å². The van der Waals surface area contributed by atoms with E-state index in [0.717, 1.165) is 20.9 Å². The van der Waals surface area contributed by atoms with E-state index in [1.807, 2.05) is 20.9 Å². The van der Waals surface area contributed by atoms with Crippen LogP contribution in [0.2, 0.25) is 0 Å². The van der Waals surface area contributed by atoms with Crippen LogP contribution >= 0.6 is 22.6 Å². The van der Waals surface area contributed by atoms with Gasteiger partial charge in [0.1, 0.15) is 11.9 Å². The van der Waals surface area contributed by atoms with Crippen LogP contribution in [-0.2, 0) is 4.74 Å². The number of rotatable bonds is 5. The van der Waals surface area contributed by atoms with Gasteiger partial charge in [0.15, 0.2) is 5.82 Å². The molecule has 1 atom stereocenters. The van der Waals surface area contributed by atoms with Crippen molar-refractivity contribution < 1.29 is 4.74 Å². The Balaban J connectivity index is 2.32. The third-order valence-electron chi connectivity index (χ3n) is 2.92. The first-order valence-corrected chi connectivity index (χ1v) is 7.08. The molecule has 0 aromatic carbocycles. The molecule has 0 aliphatic heterocycles. The number of aromatic nitrogens is 2. The van der Waals surface area contributed by atoms with Gasteiger partial charge in [-0.25, -0.2) is 9.97 Å². The lowest BCUT2D eigenvalue weighted by molar-refractivity contribution is 0.0400. The molecule has 0 bridgehead atoms. The zero-order chi connectivity index (χ0) is 12.4. The number of nitrogens with zero attached hydrogens (tertiary/aromatic N) is 2. The molecule has 2 rings (SSSR count). The van der Waals surface area contributed by atoms with Gasteiger partial charge in [0.25, 0.3) is 0 Å². The molecule has 1 aliphatic carbocycles. The second kappa shape index (κ2) is 5.48. The van der Waals surface area contributed by atoms with Gasteiger partial charge < -0.3 is 10.1 Å². The van der Waals surface area contributed by atoms with Crippen LogP contribution in [0.4, 0.5) is 5.82 Å². The van der Waals surface area contributed by atoms with E-state index in [9.17, 15) is 0 Å². The first-order chi connectivity index (χ1) is 8.17. The highest BCUT2D eigenvalue weighted by Gasteiger charge is 2.35. The fourth-order valence-corrected chi connectivity index (χ4v) is 2.38. The number of ether oxygens (including phenoxy) is 1. The van der Waals surface area contributed by atoms with Crippen molar-refractivity contribution in [3.63, 3.8) is 0 Å². The highest BCUT2D eigenvalue weighted by atomic mass is 127. The smallest absolute Gasteiger partial charge is 0.160 e. The highest BCUT2D eigenvalue weighted by Crippen LogP contribution is 2.42. The SMILES string of the molecule is CCOC(c1nc(C)c(I)c(NC)n1)C1CC1. The molecule has 1 aliphatic rings. The summed E-state index contributed by atoms with van der Waals surface area (Å²) in [7, 11) is 1.89. The lowest BCUT2D eigenvalue weighted by atomic mass is 10.2. The van der Waals surface area contributed by atoms with E-state index in [1.54, 1.807) is 0 Å². The average molecular weight is 347 g/mol. The third-order valence-corrected chi connectivity index (χ3v) is 4.21. The Hall–Kier alpha value is -0.430. The van der Waals surface area contributed by atoms with Gasteiger partial charge in [0.2, 0.25) is 0 Å². The molecule has 0 saturated heterocycles. The lowest BCUT2D eigenvalue weighted by Gasteiger charge is -2.17. The maximum absolute atomic E-state index is 5.79. The normalized spacial score (nSPS) is 16.9. The van der Waals surface area contributed by atoms with Gasteiger partial charge in [-0.05, 0) is 55.2 Å². The van der Waals surface area contributed by atoms with E-state index >= 15 is 0 Å². The van der Waals surface area contributed by atoms with Crippen LogP contribution in [0.1, 0.15) is 37.4 Å². The molecule has 1 aromatic heterocycles. The number of halogens is 1. The molecule has 1 unspecified atom stereocenters. The molecule has 1 fully saturated rings. The molecule has 1 saturated carbocycles. The van der Waals surface area contributed by atoms with Crippen LogP contribution in [-0.4, -0.2) is 23.6 Å². The number of aryl methyl sites for hydroxylation is 1. The topological polar surface area (TPSA) is 47.0 Å². The molecular formula is C12H18IN3O. The molecular weight excluding hydrogens is 329 g/mol. The Labute approximate surface area is 116 Å². The monoisotopic (exact) mass is 347 g/mol. The molecule has 5 heteroatoms. The Bertz CT molecular complexity index is 407. The molecule has 0 amide bonds. The van der Waals surface area contributed by atoms with Crippen LogP contribution in [0.3, 0.4) is 0 Å². The summed E-state index contributed by atoms with van der Waals surface area (Å²) in [5.41, 5.74) is 1.02. The van der Waals surface area contributed by atoms with E-state index in [2.05, 4.69) is 37.9 Å². The fraction of sp³-hybridized carbons (Fsp3) is 0.667. The Morgan fingerprint density at radius 2 is 2.18 bits per heavy atom. The molecule has 17 heavy (non-hydrogen) atoms. The Morgan fingerprint density at radius 1 is 1.47 bits per heavy atom. The number of hydrogen-bond donors (Lipinski definition) is 1. The van der Waals surface area contributed by atoms with Crippen molar-refractivity contribution in [1.29, 1.82) is 0 Å². The van der Waals surface area contributed by atoms with E-state index in [4.69, 9.17) is 4.74 Å². The molecule has 0 radical (unpaired) electrons. The summed E-state index contributed by atoms with van der Waals surface area (Å²) in [5, 5.41) is 3.12. The highest BCUT2D eigenvalue weighted by molar-refractivity contribution is 14.1. The van der Waals surface area contributed by atoms with Crippen LogP contribution in [0, 0.1) is 16.4 Å². The van der Waals surface area contributed by atoms with Crippen LogP contribution in [0.15, 0.2) is 0 Å². The first kappa shape index (κ1) is 13.0. The Morgan fingerprint density at radius 3 is 2.71 bits per heavy atom. The predicted octanol–water partition coefficient (Wildman–Crippen LogP) is 2.92. The van der Waals surface area contributed by atoms with E-state index in [1.165, 1.54) is 12.8 Å². The maximum Gasteiger partial charge on any atom is 0.160 e. The molecule has 1 N–H and O–H groups in total. The zero-order valence-electron chi connectivity index (χ0n) is 10.5. The maximum atomic E-state index is 5.79. The van der Waals surface area contributed by atoms with Crippen molar-refractivity contribution in [2.45, 2.75) is 32.8 Å². The summed E-state index contributed by atoms with van der Waals surface area (Å²) < 4.78 is 6.87. The molecule has 1 heterocycles. The Kier molecular flexibility index (Phi) is 4.19. The van der Waals surface area contributed by atoms with Crippen molar-refractivity contribution in [3.05, 3.63) is 15.1 Å². The zero-order valence-corrected chi connectivity index (χ0v) is 12.6. The van der Waals surface area contributed by atoms with Gasteiger partial charge in [-0.1, -0.05) is 0 Å². The van der Waals surface area contributed by atoms with Gasteiger partial charge in [-0.15, -0.1) is 0 Å². The van der Waals surface area contributed by atoms with E-state index in [-0.39, 0.29) is 6.10 Å². The largest absolute Gasteiger partial charge is 0.372 e. The van der Waals surface area contributed by atoms with Gasteiger partial charge in [0.05, 0.1) is 9.26 Å². The average Bonchev–Trinajstić information content (AvgIpc) is 3.13. The summed E-state index contributed by atoms with van der Waals surface area (Å²) in [4.78, 5) is 9.16. The quantitative estimate of drug-likeness (QED) is 0.832. The first-order valence-electron chi connectivity index (χ1n) is 6.00. The van der Waals surface area contributed by atoms with Gasteiger partial charge >= 0.3 is 0 Å². The summed E-state index contributed by atoms with van der Waals surface area (Å²) in [6.45, 7) is 4.75. The summed E-state index contributed by atoms with van der Waals surface area (Å²) in [5.74, 6) is 2.34. The lowest BCUT2D eigenvalue weighted by Crippen LogP contribution is -2.14. The standard InChI is InChI=1S/C12H18IN3O/c1-4-17-10(8-5-6-8)12-15-7(2)9(13)11(14-3)16-12/h8,10H,4-6H2,1-3H3,(H,14,15,16). The van der Waals surface area contributed by atoms with Crippen molar-refractivity contribution >= 4 is 28.4 Å². The minimum Gasteiger partial charge on any atom is -0.372 e. The second-order valence-electron chi connectivity index (χ2n) is 4.29. The van der Waals surface area contributed by atoms with E-state index < -0.39 is 0 Å². The minimum atomic E-state index is 0.0720. The number of anilines is 1. The van der Waals surface area contributed by atoms with Gasteiger partial charge in [0, 0.05) is 13.7 Å². The van der Waals surface area contributed by atoms with Crippen molar-refractivity contribution in [3.8, 4) is 0 Å². The molecule has 4 nitrogen and oxygen atoms in total. The molecule has 0 spiro atoms. The van der Waals surface area contributed by atoms with Crippen LogP contribution in [0.5, 0.6) is 0 Å². The third kappa shape index (κ3) is 2.88. The fourth-order valence-electron chi connectivity index (χ4n) is 1.87. The summed E-state index contributed by atoms with van der Waals surface area (Å²) >= 11 is 2.27. The predicted molar refractivity (Wildman–Crippen MR) is 76.1 cm³/mol. The summed E-state index contributed by atoms with van der Waals surface area (Å²) in [6.07, 6.45) is 2.53. The van der Waals surface area contributed by atoms with Gasteiger partial charge in [-0.3, -0.25) is 0 Å². The number of nitrogens with one attached hydrogen (secondary N) is 1. The van der Waals surface area contributed by atoms with Crippen molar-refractivity contribution in [2.24, 2.45) is 5.92 Å². The number of hydrogen-bond acceptors (Lipinski definition) is 4. The minimum absolute atomic E-state index is 0.0720. The second-order valence-corrected chi connectivity index (χ2v) is 5.37. The van der Waals surface area contributed by atoms with E-state index in [0.29, 0.717) is 12.5 Å². The molecule has 94 valence electrons.